The van der Waals surface area contributed by atoms with E-state index in [4.69, 9.17) is 9.72 Å². The molecule has 8 atom stereocenters. The highest BCUT2D eigenvalue weighted by molar-refractivity contribution is 7.98. The number of anilines is 1. The predicted octanol–water partition coefficient (Wildman–Crippen LogP) is 5.09. The van der Waals surface area contributed by atoms with Crippen molar-refractivity contribution in [1.29, 1.82) is 0 Å². The van der Waals surface area contributed by atoms with Gasteiger partial charge in [0.1, 0.15) is 0 Å². The van der Waals surface area contributed by atoms with E-state index in [-0.39, 0.29) is 17.0 Å². The summed E-state index contributed by atoms with van der Waals surface area (Å²) in [6, 6.07) is 5.20. The van der Waals surface area contributed by atoms with Crippen LogP contribution in [0.3, 0.4) is 0 Å². The Bertz CT molecular complexity index is 1000. The number of methoxy groups -OCH3 is 1. The lowest BCUT2D eigenvalue weighted by Crippen LogP contribution is -2.63. The van der Waals surface area contributed by atoms with E-state index in [9.17, 15) is 0 Å². The molecule has 4 bridgehead atoms. The summed E-state index contributed by atoms with van der Waals surface area (Å²) in [5.74, 6) is 1.31. The normalized spacial score (nSPS) is 36.0. The molecular formula is C33H59N7OS. The van der Waals surface area contributed by atoms with Gasteiger partial charge in [0.2, 0.25) is 0 Å². The van der Waals surface area contributed by atoms with E-state index in [0.29, 0.717) is 35.6 Å². The average Bonchev–Trinajstić information content (AvgIpc) is 3.26. The molecule has 0 amide bonds. The number of piperidine rings is 2. The highest BCUT2D eigenvalue weighted by atomic mass is 32.2. The van der Waals surface area contributed by atoms with Crippen molar-refractivity contribution in [3.8, 4) is 0 Å². The minimum Gasteiger partial charge on any atom is -0.383 e. The van der Waals surface area contributed by atoms with Gasteiger partial charge >= 0.3 is 0 Å². The quantitative estimate of drug-likeness (QED) is 0.345. The van der Waals surface area contributed by atoms with E-state index in [1.165, 1.54) is 50.8 Å². The zero-order chi connectivity index (χ0) is 29.9. The van der Waals surface area contributed by atoms with Gasteiger partial charge in [0.05, 0.1) is 36.0 Å². The summed E-state index contributed by atoms with van der Waals surface area (Å²) < 4.78 is 9.20. The van der Waals surface area contributed by atoms with Gasteiger partial charge in [0.15, 0.2) is 0 Å². The molecule has 0 aliphatic carbocycles. The maximum atomic E-state index is 5.34. The monoisotopic (exact) mass is 601 g/mol. The Morgan fingerprint density at radius 1 is 1.10 bits per heavy atom. The molecule has 4 fully saturated rings. The number of rotatable bonds is 5. The molecule has 42 heavy (non-hydrogen) atoms. The first-order valence-corrected chi connectivity index (χ1v) is 17.5. The molecule has 9 heteroatoms. The highest BCUT2D eigenvalue weighted by Gasteiger charge is 2.47. The Balaban J connectivity index is 1.38. The molecule has 7 unspecified atom stereocenters. The number of nitrogens with one attached hydrogen (secondary N) is 4. The zero-order valence-corrected chi connectivity index (χ0v) is 28.2. The molecular weight excluding hydrogens is 542 g/mol. The number of likely N-dealkylation sites (N-methyl/N-ethyl adjacent to an activating group) is 1. The van der Waals surface area contributed by atoms with Crippen molar-refractivity contribution in [3.05, 3.63) is 24.0 Å². The number of hydrogen-bond donors (Lipinski definition) is 4. The largest absolute Gasteiger partial charge is 0.383 e. The summed E-state index contributed by atoms with van der Waals surface area (Å²) in [7, 11) is 3.91. The molecule has 5 heterocycles. The maximum absolute atomic E-state index is 5.34. The van der Waals surface area contributed by atoms with Crippen LogP contribution in [0.5, 0.6) is 0 Å². The first-order chi connectivity index (χ1) is 20.0. The van der Waals surface area contributed by atoms with Gasteiger partial charge in [-0.3, -0.25) is 30.6 Å². The third-order valence-electron chi connectivity index (χ3n) is 10.4. The molecule has 0 spiro atoms. The molecule has 4 saturated heterocycles. The van der Waals surface area contributed by atoms with Crippen LogP contribution in [0.1, 0.15) is 97.7 Å². The predicted molar refractivity (Wildman–Crippen MR) is 176 cm³/mol. The molecule has 238 valence electrons. The van der Waals surface area contributed by atoms with Crippen molar-refractivity contribution in [2.45, 2.75) is 121 Å². The fourth-order valence-electron chi connectivity index (χ4n) is 7.86. The number of fused-ring (bicyclic) bond motifs is 6. The second kappa shape index (κ2) is 14.0. The van der Waals surface area contributed by atoms with Crippen molar-refractivity contribution in [3.63, 3.8) is 0 Å². The van der Waals surface area contributed by atoms with Crippen LogP contribution in [-0.4, -0.2) is 79.6 Å². The van der Waals surface area contributed by atoms with Crippen LogP contribution in [0.4, 0.5) is 5.69 Å². The number of nitrogens with zero attached hydrogens (tertiary/aromatic N) is 3. The topological polar surface area (TPSA) is 76.7 Å². The minimum absolute atomic E-state index is 0.188. The standard InChI is InChI=1S/C33H59N7OS/c1-32(2,3)28-14-12-24-21-35-42-30-10-8-9-29(38-30)36-26(27-19-25(15-16-34-27)39(6)17-18-41-7)13-11-23-20-33(4,5)40(22-23)31(24)37-28/h15-16,19,23-24,26,28-31,35-38H,8-14,17-18,20-22H2,1-7H3/t23-,24?,26?,28?,29?,30?,31?/m0/s1. The SMILES string of the molecule is COCCN(C)c1ccnc(C2CC[C@@H]3CN(C4NC(C(C)(C)C)CCC4CNSC4CCCC(N4)N2)C(C)(C)C3)c1. The van der Waals surface area contributed by atoms with Gasteiger partial charge in [-0.25, -0.2) is 0 Å². The summed E-state index contributed by atoms with van der Waals surface area (Å²) in [5, 5.41) is 12.6. The van der Waals surface area contributed by atoms with E-state index < -0.39 is 0 Å². The van der Waals surface area contributed by atoms with Gasteiger partial charge < -0.3 is 9.64 Å². The van der Waals surface area contributed by atoms with Crippen molar-refractivity contribution in [2.75, 3.05) is 45.3 Å². The Morgan fingerprint density at radius 3 is 2.71 bits per heavy atom. The van der Waals surface area contributed by atoms with Gasteiger partial charge in [-0.2, -0.15) is 0 Å². The van der Waals surface area contributed by atoms with Crippen LogP contribution in [-0.2, 0) is 4.74 Å². The van der Waals surface area contributed by atoms with E-state index in [1.54, 1.807) is 7.11 Å². The average molecular weight is 602 g/mol. The first-order valence-electron chi connectivity index (χ1n) is 16.6. The van der Waals surface area contributed by atoms with Gasteiger partial charge in [0.25, 0.3) is 0 Å². The molecule has 1 aromatic rings. The van der Waals surface area contributed by atoms with Crippen LogP contribution in [0.2, 0.25) is 0 Å². The van der Waals surface area contributed by atoms with Crippen LogP contribution >= 0.6 is 11.9 Å². The molecule has 0 radical (unpaired) electrons. The Hall–Kier alpha value is -0.940. The van der Waals surface area contributed by atoms with Crippen molar-refractivity contribution in [2.24, 2.45) is 17.3 Å². The number of ether oxygens (including phenoxy) is 1. The van der Waals surface area contributed by atoms with Crippen molar-refractivity contribution >= 4 is 17.6 Å². The smallest absolute Gasteiger partial charge is 0.0690 e. The van der Waals surface area contributed by atoms with Crippen molar-refractivity contribution < 1.29 is 4.74 Å². The summed E-state index contributed by atoms with van der Waals surface area (Å²) in [6.07, 6.45) is 12.4. The lowest BCUT2D eigenvalue weighted by atomic mass is 9.78. The molecule has 8 nitrogen and oxygen atoms in total. The number of pyridine rings is 1. The fourth-order valence-corrected chi connectivity index (χ4v) is 8.89. The van der Waals surface area contributed by atoms with Gasteiger partial charge in [-0.1, -0.05) is 32.7 Å². The van der Waals surface area contributed by atoms with Crippen LogP contribution < -0.4 is 25.6 Å². The fraction of sp³-hybridized carbons (Fsp3) is 0.848. The molecule has 0 saturated carbocycles. The summed E-state index contributed by atoms with van der Waals surface area (Å²) in [5.41, 5.74) is 2.83. The number of aromatic nitrogens is 1. The van der Waals surface area contributed by atoms with Gasteiger partial charge in [-0.15, -0.1) is 0 Å². The molecule has 4 aliphatic heterocycles. The Morgan fingerprint density at radius 2 is 1.93 bits per heavy atom. The summed E-state index contributed by atoms with van der Waals surface area (Å²) in [4.78, 5) is 10.1. The lowest BCUT2D eigenvalue weighted by Gasteiger charge is -2.50. The molecule has 1 aromatic heterocycles. The number of hydrogen-bond acceptors (Lipinski definition) is 9. The van der Waals surface area contributed by atoms with Crippen LogP contribution in [0, 0.1) is 17.3 Å². The molecule has 0 aromatic carbocycles. The summed E-state index contributed by atoms with van der Waals surface area (Å²) >= 11 is 1.92. The highest BCUT2D eigenvalue weighted by Crippen LogP contribution is 2.42. The van der Waals surface area contributed by atoms with Gasteiger partial charge in [-0.05, 0) is 88.7 Å². The molecule has 4 N–H and O–H groups in total. The molecule has 5 rings (SSSR count). The first kappa shape index (κ1) is 32.5. The van der Waals surface area contributed by atoms with E-state index >= 15 is 0 Å². The van der Waals surface area contributed by atoms with E-state index in [1.807, 2.05) is 18.1 Å². The third kappa shape index (κ3) is 8.01. The maximum Gasteiger partial charge on any atom is 0.0690 e. The third-order valence-corrected chi connectivity index (χ3v) is 11.4. The second-order valence-electron chi connectivity index (χ2n) is 15.2. The van der Waals surface area contributed by atoms with Crippen molar-refractivity contribution in [1.82, 2.24) is 30.6 Å². The zero-order valence-electron chi connectivity index (χ0n) is 27.4. The lowest BCUT2D eigenvalue weighted by molar-refractivity contribution is 0.00552. The molecule has 4 aliphatic rings. The van der Waals surface area contributed by atoms with E-state index in [2.05, 4.69) is 84.3 Å². The van der Waals surface area contributed by atoms with E-state index in [0.717, 1.165) is 38.2 Å². The van der Waals surface area contributed by atoms with Crippen LogP contribution in [0.15, 0.2) is 18.3 Å². The summed E-state index contributed by atoms with van der Waals surface area (Å²) in [6.45, 7) is 16.0. The minimum atomic E-state index is 0.188. The van der Waals surface area contributed by atoms with Gasteiger partial charge in [0, 0.05) is 63.2 Å². The Labute approximate surface area is 260 Å². The second-order valence-corrected chi connectivity index (χ2v) is 16.3. The van der Waals surface area contributed by atoms with Crippen LogP contribution in [0.25, 0.3) is 0 Å². The Kier molecular flexibility index (Phi) is 10.8.